The van der Waals surface area contributed by atoms with Crippen LogP contribution in [0, 0.1) is 0 Å². The number of benzene rings is 2. The number of amides is 3. The quantitative estimate of drug-likeness (QED) is 0.510. The zero-order valence-electron chi connectivity index (χ0n) is 17.0. The van der Waals surface area contributed by atoms with Crippen LogP contribution in [0.15, 0.2) is 54.6 Å². The number of urea groups is 1. The second-order valence-corrected chi connectivity index (χ2v) is 7.48. The number of carbonyl (C=O) groups excluding carboxylic acids is 2. The number of nitrogens with one attached hydrogen (secondary N) is 3. The highest BCUT2D eigenvalue weighted by Crippen LogP contribution is 2.20. The van der Waals surface area contributed by atoms with Crippen molar-refractivity contribution in [3.8, 4) is 5.75 Å². The van der Waals surface area contributed by atoms with Crippen LogP contribution in [0.3, 0.4) is 0 Å². The Balaban J connectivity index is 1.38. The van der Waals surface area contributed by atoms with Crippen LogP contribution in [0.4, 0.5) is 4.79 Å². The monoisotopic (exact) mass is 411 g/mol. The minimum atomic E-state index is -0.886. The van der Waals surface area contributed by atoms with Crippen LogP contribution < -0.4 is 20.7 Å². The number of carbonyl (C=O) groups is 2. The average molecular weight is 412 g/mol. The molecule has 1 saturated carbocycles. The van der Waals surface area contributed by atoms with E-state index in [-0.39, 0.29) is 25.0 Å². The van der Waals surface area contributed by atoms with Gasteiger partial charge in [-0.25, -0.2) is 4.79 Å². The van der Waals surface area contributed by atoms with E-state index in [1.54, 1.807) is 18.2 Å². The Morgan fingerprint density at radius 2 is 1.80 bits per heavy atom. The molecule has 0 saturated heterocycles. The Morgan fingerprint density at radius 1 is 1.03 bits per heavy atom. The van der Waals surface area contributed by atoms with Gasteiger partial charge in [-0.1, -0.05) is 55.3 Å². The molecule has 1 fully saturated rings. The molecule has 0 aromatic heterocycles. The minimum absolute atomic E-state index is 0.0260. The summed E-state index contributed by atoms with van der Waals surface area (Å²) >= 11 is 0. The van der Waals surface area contributed by atoms with Crippen LogP contribution in [0.25, 0.3) is 0 Å². The Hall–Kier alpha value is -3.06. The first-order chi connectivity index (χ1) is 14.6. The smallest absolute Gasteiger partial charge is 0.315 e. The second-order valence-electron chi connectivity index (χ2n) is 7.48. The van der Waals surface area contributed by atoms with Crippen LogP contribution in [-0.2, 0) is 11.4 Å². The number of rotatable bonds is 9. The molecule has 7 nitrogen and oxygen atoms in total. The summed E-state index contributed by atoms with van der Waals surface area (Å²) in [5.41, 5.74) is 1.69. The fourth-order valence-corrected chi connectivity index (χ4v) is 3.43. The third-order valence-corrected chi connectivity index (χ3v) is 5.08. The lowest BCUT2D eigenvalue weighted by Crippen LogP contribution is -2.45. The molecule has 1 unspecified atom stereocenters. The van der Waals surface area contributed by atoms with Gasteiger partial charge in [0, 0.05) is 12.6 Å². The Kier molecular flexibility index (Phi) is 8.09. The number of hydrogen-bond acceptors (Lipinski definition) is 4. The van der Waals surface area contributed by atoms with Gasteiger partial charge in [-0.05, 0) is 36.1 Å². The van der Waals surface area contributed by atoms with E-state index in [1.165, 1.54) is 0 Å². The number of aliphatic hydroxyl groups is 1. The summed E-state index contributed by atoms with van der Waals surface area (Å²) < 4.78 is 5.77. The van der Waals surface area contributed by atoms with Crippen molar-refractivity contribution in [1.29, 1.82) is 0 Å². The van der Waals surface area contributed by atoms with Crippen molar-refractivity contribution in [2.75, 3.05) is 13.1 Å². The van der Waals surface area contributed by atoms with Gasteiger partial charge in [0.1, 0.15) is 12.4 Å². The normalized spacial score (nSPS) is 14.7. The molecule has 3 amide bonds. The third kappa shape index (κ3) is 7.08. The van der Waals surface area contributed by atoms with Crippen LogP contribution in [0.2, 0.25) is 0 Å². The van der Waals surface area contributed by atoms with Gasteiger partial charge in [0.25, 0.3) is 0 Å². The first-order valence-electron chi connectivity index (χ1n) is 10.4. The standard InChI is InChI=1S/C23H29N3O4/c27-21(14-24-23(29)25-15-22(28)26-19-10-4-5-11-19)18-9-6-12-20(13-18)30-16-17-7-2-1-3-8-17/h1-3,6-9,12-13,19,21,27H,4-5,10-11,14-16H2,(H,26,28)(H2,24,25,29). The van der Waals surface area contributed by atoms with Gasteiger partial charge < -0.3 is 25.8 Å². The maximum absolute atomic E-state index is 11.9. The van der Waals surface area contributed by atoms with E-state index >= 15 is 0 Å². The predicted molar refractivity (Wildman–Crippen MR) is 114 cm³/mol. The van der Waals surface area contributed by atoms with Gasteiger partial charge in [0.05, 0.1) is 12.6 Å². The van der Waals surface area contributed by atoms with Crippen LogP contribution in [0.1, 0.15) is 42.9 Å². The Morgan fingerprint density at radius 3 is 2.57 bits per heavy atom. The van der Waals surface area contributed by atoms with Gasteiger partial charge in [0.15, 0.2) is 0 Å². The SMILES string of the molecule is O=C(CNC(=O)NCC(O)c1cccc(OCc2ccccc2)c1)NC1CCCC1. The molecule has 4 N–H and O–H groups in total. The van der Waals surface area contributed by atoms with E-state index in [0.717, 1.165) is 31.2 Å². The third-order valence-electron chi connectivity index (χ3n) is 5.08. The molecule has 0 heterocycles. The lowest BCUT2D eigenvalue weighted by atomic mass is 10.1. The molecule has 2 aromatic rings. The van der Waals surface area contributed by atoms with Gasteiger partial charge in [-0.15, -0.1) is 0 Å². The van der Waals surface area contributed by atoms with Gasteiger partial charge >= 0.3 is 6.03 Å². The molecule has 0 aliphatic heterocycles. The van der Waals surface area contributed by atoms with Gasteiger partial charge in [-0.3, -0.25) is 4.79 Å². The largest absolute Gasteiger partial charge is 0.489 e. The van der Waals surface area contributed by atoms with Crippen molar-refractivity contribution in [2.24, 2.45) is 0 Å². The molecule has 0 bridgehead atoms. The van der Waals surface area contributed by atoms with E-state index in [4.69, 9.17) is 4.74 Å². The lowest BCUT2D eigenvalue weighted by molar-refractivity contribution is -0.120. The fraction of sp³-hybridized carbons (Fsp3) is 0.391. The summed E-state index contributed by atoms with van der Waals surface area (Å²) in [6.45, 7) is 0.378. The van der Waals surface area contributed by atoms with E-state index in [9.17, 15) is 14.7 Å². The van der Waals surface area contributed by atoms with Crippen LogP contribution in [-0.4, -0.2) is 36.2 Å². The molecule has 7 heteroatoms. The minimum Gasteiger partial charge on any atom is -0.489 e. The molecule has 0 radical (unpaired) electrons. The summed E-state index contributed by atoms with van der Waals surface area (Å²) in [5.74, 6) is 0.448. The zero-order chi connectivity index (χ0) is 21.2. The van der Waals surface area contributed by atoms with Crippen molar-refractivity contribution >= 4 is 11.9 Å². The van der Waals surface area contributed by atoms with Crippen molar-refractivity contribution in [2.45, 2.75) is 44.4 Å². The Bertz CT molecular complexity index is 822. The van der Waals surface area contributed by atoms with Crippen LogP contribution in [0.5, 0.6) is 5.75 Å². The van der Waals surface area contributed by atoms with E-state index in [0.29, 0.717) is 17.9 Å². The second kappa shape index (κ2) is 11.2. The summed E-state index contributed by atoms with van der Waals surface area (Å²) in [6.07, 6.45) is 3.38. The average Bonchev–Trinajstić information content (AvgIpc) is 3.28. The maximum atomic E-state index is 11.9. The van der Waals surface area contributed by atoms with Crippen LogP contribution >= 0.6 is 0 Å². The highest BCUT2D eigenvalue weighted by atomic mass is 16.5. The molecule has 160 valence electrons. The van der Waals surface area contributed by atoms with Crippen molar-refractivity contribution in [1.82, 2.24) is 16.0 Å². The van der Waals surface area contributed by atoms with E-state index in [1.807, 2.05) is 36.4 Å². The summed E-state index contributed by atoms with van der Waals surface area (Å²) in [6, 6.07) is 16.7. The summed E-state index contributed by atoms with van der Waals surface area (Å²) in [5, 5.41) is 18.4. The molecular weight excluding hydrogens is 382 g/mol. The molecular formula is C23H29N3O4. The van der Waals surface area contributed by atoms with Gasteiger partial charge in [-0.2, -0.15) is 0 Å². The maximum Gasteiger partial charge on any atom is 0.315 e. The molecule has 1 aliphatic rings. The topological polar surface area (TPSA) is 99.7 Å². The zero-order valence-corrected chi connectivity index (χ0v) is 17.0. The van der Waals surface area contributed by atoms with E-state index < -0.39 is 12.1 Å². The van der Waals surface area contributed by atoms with Crippen molar-refractivity contribution in [3.05, 3.63) is 65.7 Å². The lowest BCUT2D eigenvalue weighted by Gasteiger charge is -2.15. The molecule has 2 aromatic carbocycles. The first-order valence-corrected chi connectivity index (χ1v) is 10.4. The molecule has 1 atom stereocenters. The van der Waals surface area contributed by atoms with Gasteiger partial charge in [0.2, 0.25) is 5.91 Å². The molecule has 30 heavy (non-hydrogen) atoms. The van der Waals surface area contributed by atoms with E-state index in [2.05, 4.69) is 16.0 Å². The first kappa shape index (κ1) is 21.6. The Labute approximate surface area is 176 Å². The van der Waals surface area contributed by atoms with Crippen molar-refractivity contribution in [3.63, 3.8) is 0 Å². The highest BCUT2D eigenvalue weighted by Gasteiger charge is 2.17. The summed E-state index contributed by atoms with van der Waals surface area (Å²) in [7, 11) is 0. The highest BCUT2D eigenvalue weighted by molar-refractivity contribution is 5.84. The van der Waals surface area contributed by atoms with Crippen molar-refractivity contribution < 1.29 is 19.4 Å². The molecule has 1 aliphatic carbocycles. The number of ether oxygens (including phenoxy) is 1. The molecule has 3 rings (SSSR count). The number of hydrogen-bond donors (Lipinski definition) is 4. The summed E-state index contributed by atoms with van der Waals surface area (Å²) in [4.78, 5) is 23.8. The molecule has 0 spiro atoms. The fourth-order valence-electron chi connectivity index (χ4n) is 3.43. The predicted octanol–water partition coefficient (Wildman–Crippen LogP) is 2.66. The number of aliphatic hydroxyl groups excluding tert-OH is 1.